The maximum atomic E-state index is 11.6. The molecular weight excluding hydrogens is 377 g/mol. The Bertz CT molecular complexity index is 938. The van der Waals surface area contributed by atoms with Gasteiger partial charge in [0.15, 0.2) is 0 Å². The topological polar surface area (TPSA) is 93.0 Å². The van der Waals surface area contributed by atoms with Crippen molar-refractivity contribution in [1.29, 1.82) is 0 Å². The van der Waals surface area contributed by atoms with E-state index < -0.39 is 4.92 Å². The van der Waals surface area contributed by atoms with E-state index in [9.17, 15) is 10.1 Å². The third kappa shape index (κ3) is 4.01. The van der Waals surface area contributed by atoms with E-state index in [1.807, 2.05) is 30.3 Å². The Morgan fingerprint density at radius 3 is 2.46 bits per heavy atom. The predicted octanol–water partition coefficient (Wildman–Crippen LogP) is 5.05. The lowest BCUT2D eigenvalue weighted by atomic mass is 10.2. The summed E-state index contributed by atoms with van der Waals surface area (Å²) < 4.78 is 0. The van der Waals surface area contributed by atoms with Crippen molar-refractivity contribution >= 4 is 46.2 Å². The molecule has 3 rings (SSSR count). The van der Waals surface area contributed by atoms with E-state index in [1.54, 1.807) is 18.2 Å². The number of hydrogen-bond donors (Lipinski definition) is 2. The van der Waals surface area contributed by atoms with Crippen LogP contribution in [0.1, 0.15) is 5.56 Å². The first-order valence-corrected chi connectivity index (χ1v) is 8.30. The Hall–Kier alpha value is -2.90. The molecule has 0 radical (unpaired) electrons. The zero-order chi connectivity index (χ0) is 18.5. The third-order valence-electron chi connectivity index (χ3n) is 3.51. The lowest BCUT2D eigenvalue weighted by molar-refractivity contribution is -0.383. The van der Waals surface area contributed by atoms with E-state index >= 15 is 0 Å². The first-order valence-electron chi connectivity index (χ1n) is 7.54. The molecule has 0 spiro atoms. The summed E-state index contributed by atoms with van der Waals surface area (Å²) in [7, 11) is 0. The van der Waals surface area contributed by atoms with Crippen LogP contribution in [0.2, 0.25) is 10.0 Å². The van der Waals surface area contributed by atoms with Gasteiger partial charge in [-0.2, -0.15) is 0 Å². The molecule has 3 aromatic rings. The maximum Gasteiger partial charge on any atom is 0.353 e. The summed E-state index contributed by atoms with van der Waals surface area (Å²) in [6.45, 7) is 0.385. The normalized spacial score (nSPS) is 10.4. The van der Waals surface area contributed by atoms with Crippen molar-refractivity contribution in [2.75, 3.05) is 10.6 Å². The Balaban J connectivity index is 1.91. The summed E-state index contributed by atoms with van der Waals surface area (Å²) in [5.41, 5.74) is 1.10. The van der Waals surface area contributed by atoms with Crippen molar-refractivity contribution in [3.8, 4) is 0 Å². The van der Waals surface area contributed by atoms with Gasteiger partial charge in [-0.15, -0.1) is 0 Å². The molecule has 0 saturated carbocycles. The van der Waals surface area contributed by atoms with Crippen LogP contribution in [0, 0.1) is 10.1 Å². The average molecular weight is 390 g/mol. The monoisotopic (exact) mass is 389 g/mol. The fourth-order valence-corrected chi connectivity index (χ4v) is 2.63. The molecule has 0 aliphatic heterocycles. The van der Waals surface area contributed by atoms with E-state index in [-0.39, 0.29) is 22.3 Å². The Morgan fingerprint density at radius 2 is 1.73 bits per heavy atom. The molecule has 9 heteroatoms. The summed E-state index contributed by atoms with van der Waals surface area (Å²) >= 11 is 12.1. The van der Waals surface area contributed by atoms with Gasteiger partial charge < -0.3 is 10.6 Å². The van der Waals surface area contributed by atoms with Gasteiger partial charge in [-0.1, -0.05) is 59.6 Å². The van der Waals surface area contributed by atoms with Gasteiger partial charge in [0.1, 0.15) is 6.33 Å². The van der Waals surface area contributed by atoms with Crippen molar-refractivity contribution in [2.45, 2.75) is 6.54 Å². The molecule has 2 N–H and O–H groups in total. The molecule has 132 valence electrons. The van der Waals surface area contributed by atoms with Crippen molar-refractivity contribution in [2.24, 2.45) is 0 Å². The lowest BCUT2D eigenvalue weighted by Gasteiger charge is -2.11. The summed E-state index contributed by atoms with van der Waals surface area (Å²) in [5.74, 6) is 0.124. The second kappa shape index (κ2) is 7.99. The number of benzene rings is 2. The molecule has 0 atom stereocenters. The molecule has 0 fully saturated rings. The van der Waals surface area contributed by atoms with Crippen LogP contribution in [0.25, 0.3) is 0 Å². The number of nitrogens with zero attached hydrogens (tertiary/aromatic N) is 3. The van der Waals surface area contributed by atoms with Gasteiger partial charge in [0, 0.05) is 6.54 Å². The van der Waals surface area contributed by atoms with Crippen molar-refractivity contribution in [1.82, 2.24) is 9.97 Å². The minimum Gasteiger partial charge on any atom is -0.360 e. The van der Waals surface area contributed by atoms with Crippen LogP contribution in [0.5, 0.6) is 0 Å². The highest BCUT2D eigenvalue weighted by Gasteiger charge is 2.23. The van der Waals surface area contributed by atoms with E-state index in [0.717, 1.165) is 5.56 Å². The van der Waals surface area contributed by atoms with Crippen LogP contribution in [0.15, 0.2) is 54.9 Å². The first kappa shape index (κ1) is 17.9. The molecule has 1 aromatic heterocycles. The molecule has 0 bridgehead atoms. The molecule has 0 aliphatic carbocycles. The Labute approximate surface area is 159 Å². The summed E-state index contributed by atoms with van der Waals surface area (Å²) in [4.78, 5) is 19.0. The highest BCUT2D eigenvalue weighted by molar-refractivity contribution is 6.43. The van der Waals surface area contributed by atoms with Gasteiger partial charge in [-0.3, -0.25) is 10.1 Å². The summed E-state index contributed by atoms with van der Waals surface area (Å²) in [5, 5.41) is 18.0. The minimum atomic E-state index is -0.548. The van der Waals surface area contributed by atoms with Crippen molar-refractivity contribution < 1.29 is 4.92 Å². The van der Waals surface area contributed by atoms with E-state index in [0.29, 0.717) is 17.3 Å². The van der Waals surface area contributed by atoms with Crippen LogP contribution in [-0.2, 0) is 6.54 Å². The molecule has 0 saturated heterocycles. The second-order valence-corrected chi connectivity index (χ2v) is 6.03. The van der Waals surface area contributed by atoms with Crippen LogP contribution in [0.3, 0.4) is 0 Å². The van der Waals surface area contributed by atoms with Crippen LogP contribution in [0.4, 0.5) is 23.0 Å². The number of aromatic nitrogens is 2. The van der Waals surface area contributed by atoms with E-state index in [2.05, 4.69) is 20.6 Å². The molecule has 2 aromatic carbocycles. The standard InChI is InChI=1S/C17H13Cl2N5O2/c18-12-7-4-8-13(14(12)19)23-17-15(24(25)26)16(21-10-22-17)20-9-11-5-2-1-3-6-11/h1-8,10H,9H2,(H2,20,21,22,23). The molecule has 0 aliphatic rings. The predicted molar refractivity (Wildman–Crippen MR) is 102 cm³/mol. The van der Waals surface area contributed by atoms with E-state index in [1.165, 1.54) is 6.33 Å². The zero-order valence-corrected chi connectivity index (χ0v) is 14.8. The lowest BCUT2D eigenvalue weighted by Crippen LogP contribution is -2.08. The van der Waals surface area contributed by atoms with Gasteiger partial charge in [0.2, 0.25) is 11.6 Å². The van der Waals surface area contributed by atoms with Crippen molar-refractivity contribution in [3.05, 3.63) is 80.6 Å². The quantitative estimate of drug-likeness (QED) is 0.452. The number of halogens is 2. The molecule has 7 nitrogen and oxygen atoms in total. The zero-order valence-electron chi connectivity index (χ0n) is 13.3. The van der Waals surface area contributed by atoms with Gasteiger partial charge in [-0.05, 0) is 17.7 Å². The molecule has 0 unspecified atom stereocenters. The Morgan fingerprint density at radius 1 is 1.00 bits per heavy atom. The minimum absolute atomic E-state index is 0.0183. The number of hydrogen-bond acceptors (Lipinski definition) is 6. The first-order chi connectivity index (χ1) is 12.6. The largest absolute Gasteiger partial charge is 0.360 e. The maximum absolute atomic E-state index is 11.6. The summed E-state index contributed by atoms with van der Waals surface area (Å²) in [6, 6.07) is 14.4. The van der Waals surface area contributed by atoms with Crippen LogP contribution >= 0.6 is 23.2 Å². The molecular formula is C17H13Cl2N5O2. The average Bonchev–Trinajstić information content (AvgIpc) is 2.64. The van der Waals surface area contributed by atoms with Gasteiger partial charge in [0.25, 0.3) is 0 Å². The number of nitrogens with one attached hydrogen (secondary N) is 2. The number of nitro groups is 1. The third-order valence-corrected chi connectivity index (χ3v) is 4.33. The molecule has 0 amide bonds. The van der Waals surface area contributed by atoms with Gasteiger partial charge in [-0.25, -0.2) is 9.97 Å². The van der Waals surface area contributed by atoms with Gasteiger partial charge in [0.05, 0.1) is 20.7 Å². The fourth-order valence-electron chi connectivity index (χ4n) is 2.28. The highest BCUT2D eigenvalue weighted by atomic mass is 35.5. The molecule has 1 heterocycles. The molecule has 26 heavy (non-hydrogen) atoms. The SMILES string of the molecule is O=[N+]([O-])c1c(NCc2ccccc2)ncnc1Nc1cccc(Cl)c1Cl. The van der Waals surface area contributed by atoms with Gasteiger partial charge >= 0.3 is 5.69 Å². The van der Waals surface area contributed by atoms with Crippen LogP contribution < -0.4 is 10.6 Å². The highest BCUT2D eigenvalue weighted by Crippen LogP contribution is 2.35. The number of anilines is 3. The second-order valence-electron chi connectivity index (χ2n) is 5.24. The number of rotatable bonds is 6. The Kier molecular flexibility index (Phi) is 5.50. The smallest absolute Gasteiger partial charge is 0.353 e. The van der Waals surface area contributed by atoms with Crippen molar-refractivity contribution in [3.63, 3.8) is 0 Å². The van der Waals surface area contributed by atoms with E-state index in [4.69, 9.17) is 23.2 Å². The summed E-state index contributed by atoms with van der Waals surface area (Å²) in [6.07, 6.45) is 1.24. The fraction of sp³-hybridized carbons (Fsp3) is 0.0588. The van der Waals surface area contributed by atoms with Crippen LogP contribution in [-0.4, -0.2) is 14.9 Å².